The van der Waals surface area contributed by atoms with Crippen LogP contribution in [0.4, 0.5) is 4.79 Å². The zero-order valence-electron chi connectivity index (χ0n) is 21.5. The molecule has 0 aliphatic carbocycles. The Kier molecular flexibility index (Phi) is 8.24. The summed E-state index contributed by atoms with van der Waals surface area (Å²) >= 11 is 4.50. The highest BCUT2D eigenvalue weighted by Crippen LogP contribution is 2.39. The number of ether oxygens (including phenoxy) is 3. The molecular weight excluding hydrogens is 578 g/mol. The first-order valence-electron chi connectivity index (χ1n) is 12.3. The number of benzene rings is 4. The van der Waals surface area contributed by atoms with Gasteiger partial charge < -0.3 is 14.2 Å². The highest BCUT2D eigenvalue weighted by Gasteiger charge is 2.35. The van der Waals surface area contributed by atoms with Gasteiger partial charge in [0.15, 0.2) is 11.5 Å². The molecular formula is C31H26BrNO5S. The van der Waals surface area contributed by atoms with Crippen molar-refractivity contribution in [2.75, 3.05) is 20.3 Å². The fourth-order valence-corrected chi connectivity index (χ4v) is 5.70. The van der Waals surface area contributed by atoms with Crippen LogP contribution in [0, 0.1) is 6.92 Å². The Balaban J connectivity index is 1.28. The normalized spacial score (nSPS) is 14.3. The Morgan fingerprint density at radius 2 is 1.72 bits per heavy atom. The number of imide groups is 1. The summed E-state index contributed by atoms with van der Waals surface area (Å²) in [5.41, 5.74) is 2.90. The number of fused-ring (bicyclic) bond motifs is 1. The quantitative estimate of drug-likeness (QED) is 0.183. The van der Waals surface area contributed by atoms with Crippen LogP contribution in [-0.4, -0.2) is 36.3 Å². The first kappa shape index (κ1) is 26.8. The molecule has 5 rings (SSSR count). The van der Waals surface area contributed by atoms with Gasteiger partial charge in [-0.05, 0) is 86.9 Å². The lowest BCUT2D eigenvalue weighted by Crippen LogP contribution is -2.32. The van der Waals surface area contributed by atoms with Crippen molar-refractivity contribution >= 4 is 55.7 Å². The molecule has 198 valence electrons. The third-order valence-electron chi connectivity index (χ3n) is 6.28. The van der Waals surface area contributed by atoms with E-state index in [0.29, 0.717) is 38.8 Å². The van der Waals surface area contributed by atoms with Crippen LogP contribution in [-0.2, 0) is 11.4 Å². The zero-order chi connectivity index (χ0) is 27.4. The molecule has 0 unspecified atom stereocenters. The van der Waals surface area contributed by atoms with Gasteiger partial charge in [0.05, 0.1) is 23.0 Å². The average Bonchev–Trinajstić information content (AvgIpc) is 3.20. The van der Waals surface area contributed by atoms with Crippen molar-refractivity contribution in [2.45, 2.75) is 13.5 Å². The second-order valence-corrected chi connectivity index (χ2v) is 10.8. The van der Waals surface area contributed by atoms with E-state index in [0.717, 1.165) is 33.7 Å². The van der Waals surface area contributed by atoms with Gasteiger partial charge in [-0.3, -0.25) is 14.5 Å². The van der Waals surface area contributed by atoms with Gasteiger partial charge in [0.2, 0.25) is 0 Å². The van der Waals surface area contributed by atoms with Crippen LogP contribution in [0.1, 0.15) is 16.7 Å². The topological polar surface area (TPSA) is 65.1 Å². The van der Waals surface area contributed by atoms with Crippen molar-refractivity contribution in [1.82, 2.24) is 4.90 Å². The number of carbonyl (C=O) groups is 2. The maximum absolute atomic E-state index is 13.0. The molecule has 6 nitrogen and oxygen atoms in total. The number of hydrogen-bond acceptors (Lipinski definition) is 6. The van der Waals surface area contributed by atoms with Gasteiger partial charge in [-0.1, -0.05) is 60.2 Å². The third-order valence-corrected chi connectivity index (χ3v) is 7.78. The molecule has 4 aromatic rings. The molecule has 0 spiro atoms. The van der Waals surface area contributed by atoms with Crippen LogP contribution in [0.25, 0.3) is 16.8 Å². The maximum atomic E-state index is 13.0. The van der Waals surface area contributed by atoms with Gasteiger partial charge in [-0.15, -0.1) is 0 Å². The van der Waals surface area contributed by atoms with Crippen LogP contribution < -0.4 is 14.2 Å². The van der Waals surface area contributed by atoms with E-state index in [4.69, 9.17) is 14.2 Å². The number of methoxy groups -OCH3 is 1. The van der Waals surface area contributed by atoms with Crippen molar-refractivity contribution in [1.29, 1.82) is 0 Å². The molecule has 4 aromatic carbocycles. The Morgan fingerprint density at radius 1 is 0.949 bits per heavy atom. The van der Waals surface area contributed by atoms with Crippen LogP contribution >= 0.6 is 27.7 Å². The summed E-state index contributed by atoms with van der Waals surface area (Å²) in [6.07, 6.45) is 1.69. The Labute approximate surface area is 239 Å². The molecule has 0 aromatic heterocycles. The lowest BCUT2D eigenvalue weighted by atomic mass is 10.1. The number of halogens is 1. The summed E-state index contributed by atoms with van der Waals surface area (Å²) in [6, 6.07) is 25.6. The van der Waals surface area contributed by atoms with Gasteiger partial charge in [-0.25, -0.2) is 0 Å². The standard InChI is InChI=1S/C31H26BrNO5S/c1-20-10-12-24(13-11-20)37-15-14-33-30(34)28(39-31(33)35)18-21-16-26(32)29(27(17-21)36-2)38-19-23-8-5-7-22-6-3-4-9-25(22)23/h3-13,16-18H,14-15,19H2,1-2H3/b28-18-. The SMILES string of the molecule is COc1cc(/C=C2\SC(=O)N(CCOc3ccc(C)cc3)C2=O)cc(Br)c1OCc1cccc2ccccc12. The molecule has 1 aliphatic heterocycles. The van der Waals surface area contributed by atoms with E-state index < -0.39 is 0 Å². The predicted octanol–water partition coefficient (Wildman–Crippen LogP) is 7.61. The fourth-order valence-electron chi connectivity index (χ4n) is 4.26. The van der Waals surface area contributed by atoms with Gasteiger partial charge in [0, 0.05) is 0 Å². The van der Waals surface area contributed by atoms with Crippen molar-refractivity contribution in [3.63, 3.8) is 0 Å². The number of aryl methyl sites for hydroxylation is 1. The van der Waals surface area contributed by atoms with Crippen LogP contribution in [0.2, 0.25) is 0 Å². The molecule has 8 heteroatoms. The summed E-state index contributed by atoms with van der Waals surface area (Å²) in [7, 11) is 1.57. The average molecular weight is 605 g/mol. The van der Waals surface area contributed by atoms with Crippen LogP contribution in [0.3, 0.4) is 0 Å². The number of amides is 2. The second-order valence-electron chi connectivity index (χ2n) is 8.96. The van der Waals surface area contributed by atoms with Gasteiger partial charge in [-0.2, -0.15) is 0 Å². The number of thioether (sulfide) groups is 1. The molecule has 39 heavy (non-hydrogen) atoms. The highest BCUT2D eigenvalue weighted by molar-refractivity contribution is 9.10. The summed E-state index contributed by atoms with van der Waals surface area (Å²) in [5.74, 6) is 1.43. The lowest BCUT2D eigenvalue weighted by molar-refractivity contribution is -0.123. The van der Waals surface area contributed by atoms with Gasteiger partial charge in [0.25, 0.3) is 11.1 Å². The van der Waals surface area contributed by atoms with Crippen LogP contribution in [0.15, 0.2) is 88.2 Å². The van der Waals surface area contributed by atoms with E-state index in [1.165, 1.54) is 4.90 Å². The molecule has 0 saturated carbocycles. The monoisotopic (exact) mass is 603 g/mol. The molecule has 0 N–H and O–H groups in total. The summed E-state index contributed by atoms with van der Waals surface area (Å²) < 4.78 is 18.2. The molecule has 1 heterocycles. The third kappa shape index (κ3) is 6.13. The maximum Gasteiger partial charge on any atom is 0.293 e. The van der Waals surface area contributed by atoms with E-state index in [-0.39, 0.29) is 24.3 Å². The number of carbonyl (C=O) groups excluding carboxylic acids is 2. The van der Waals surface area contributed by atoms with E-state index >= 15 is 0 Å². The molecule has 0 bridgehead atoms. The van der Waals surface area contributed by atoms with E-state index in [1.807, 2.05) is 61.5 Å². The van der Waals surface area contributed by atoms with Crippen molar-refractivity contribution in [3.8, 4) is 17.2 Å². The minimum atomic E-state index is -0.344. The van der Waals surface area contributed by atoms with Crippen molar-refractivity contribution < 1.29 is 23.8 Å². The summed E-state index contributed by atoms with van der Waals surface area (Å²) in [4.78, 5) is 27.1. The molecule has 1 fully saturated rings. The molecule has 0 atom stereocenters. The molecule has 1 aliphatic rings. The second kappa shape index (κ2) is 12.0. The van der Waals surface area contributed by atoms with E-state index in [1.54, 1.807) is 19.3 Å². The largest absolute Gasteiger partial charge is 0.493 e. The van der Waals surface area contributed by atoms with E-state index in [9.17, 15) is 9.59 Å². The number of nitrogens with zero attached hydrogens (tertiary/aromatic N) is 1. The zero-order valence-corrected chi connectivity index (χ0v) is 23.9. The minimum absolute atomic E-state index is 0.170. The van der Waals surface area contributed by atoms with E-state index in [2.05, 4.69) is 34.1 Å². The van der Waals surface area contributed by atoms with Crippen molar-refractivity contribution in [2.24, 2.45) is 0 Å². The molecule has 2 amide bonds. The van der Waals surface area contributed by atoms with Gasteiger partial charge >= 0.3 is 0 Å². The first-order chi connectivity index (χ1) is 18.9. The predicted molar refractivity (Wildman–Crippen MR) is 158 cm³/mol. The van der Waals surface area contributed by atoms with Gasteiger partial charge in [0.1, 0.15) is 19.0 Å². The summed E-state index contributed by atoms with van der Waals surface area (Å²) in [5, 5.41) is 1.96. The fraction of sp³-hybridized carbons (Fsp3) is 0.161. The van der Waals surface area contributed by atoms with Crippen LogP contribution in [0.5, 0.6) is 17.2 Å². The molecule has 0 radical (unpaired) electrons. The number of hydrogen-bond donors (Lipinski definition) is 0. The first-order valence-corrected chi connectivity index (χ1v) is 14.0. The summed E-state index contributed by atoms with van der Waals surface area (Å²) in [6.45, 7) is 2.75. The smallest absolute Gasteiger partial charge is 0.293 e. The Hall–Kier alpha value is -3.75. The van der Waals surface area contributed by atoms with Crippen molar-refractivity contribution in [3.05, 3.63) is 105 Å². The highest BCUT2D eigenvalue weighted by atomic mass is 79.9. The molecule has 1 saturated heterocycles. The Bertz CT molecular complexity index is 1560. The Morgan fingerprint density at radius 3 is 2.51 bits per heavy atom. The lowest BCUT2D eigenvalue weighted by Gasteiger charge is -2.15. The minimum Gasteiger partial charge on any atom is -0.493 e. The number of rotatable bonds is 9.